The van der Waals surface area contributed by atoms with E-state index >= 15 is 0 Å². The monoisotopic (exact) mass is 260 g/mol. The van der Waals surface area contributed by atoms with Crippen LogP contribution in [0.1, 0.15) is 32.3 Å². The molecule has 0 spiro atoms. The molecule has 1 aromatic carbocycles. The van der Waals surface area contributed by atoms with Crippen molar-refractivity contribution < 1.29 is 4.79 Å². The van der Waals surface area contributed by atoms with Gasteiger partial charge in [0.05, 0.1) is 6.04 Å². The van der Waals surface area contributed by atoms with Crippen molar-refractivity contribution in [1.82, 2.24) is 4.90 Å². The van der Waals surface area contributed by atoms with Crippen molar-refractivity contribution in [2.75, 3.05) is 6.54 Å². The second kappa shape index (κ2) is 6.20. The van der Waals surface area contributed by atoms with Gasteiger partial charge in [-0.25, -0.2) is 0 Å². The van der Waals surface area contributed by atoms with Crippen LogP contribution < -0.4 is 5.73 Å². The summed E-state index contributed by atoms with van der Waals surface area (Å²) in [6, 6.07) is 10.2. The highest BCUT2D eigenvalue weighted by Gasteiger charge is 2.32. The average molecular weight is 260 g/mol. The summed E-state index contributed by atoms with van der Waals surface area (Å²) < 4.78 is 0. The molecule has 19 heavy (non-hydrogen) atoms. The molecular formula is C16H24N2O. The number of nitrogens with zero attached hydrogens (tertiary/aromatic N) is 1. The van der Waals surface area contributed by atoms with Crippen LogP contribution in [0.2, 0.25) is 0 Å². The Balaban J connectivity index is 1.86. The molecule has 0 bridgehead atoms. The molecule has 1 fully saturated rings. The molecule has 0 radical (unpaired) electrons. The van der Waals surface area contributed by atoms with E-state index in [1.807, 2.05) is 23.1 Å². The zero-order chi connectivity index (χ0) is 13.8. The molecule has 2 rings (SSSR count). The lowest BCUT2D eigenvalue weighted by molar-refractivity contribution is -0.133. The van der Waals surface area contributed by atoms with Gasteiger partial charge >= 0.3 is 0 Å². The van der Waals surface area contributed by atoms with E-state index in [0.717, 1.165) is 25.8 Å². The topological polar surface area (TPSA) is 46.3 Å². The number of carbonyl (C=O) groups is 1. The minimum atomic E-state index is -0.368. The Morgan fingerprint density at radius 2 is 2.05 bits per heavy atom. The summed E-state index contributed by atoms with van der Waals surface area (Å²) >= 11 is 0. The van der Waals surface area contributed by atoms with Gasteiger partial charge in [0.25, 0.3) is 0 Å². The molecular weight excluding hydrogens is 236 g/mol. The second-order valence-corrected chi connectivity index (χ2v) is 5.81. The molecule has 104 valence electrons. The minimum Gasteiger partial charge on any atom is -0.338 e. The molecule has 3 heteroatoms. The van der Waals surface area contributed by atoms with Crippen molar-refractivity contribution in [3.8, 4) is 0 Å². The zero-order valence-corrected chi connectivity index (χ0v) is 11.9. The maximum Gasteiger partial charge on any atom is 0.239 e. The number of rotatable bonds is 4. The fraction of sp³-hybridized carbons (Fsp3) is 0.562. The predicted octanol–water partition coefficient (Wildman–Crippen LogP) is 2.20. The molecule has 2 N–H and O–H groups in total. The Hall–Kier alpha value is -1.35. The normalized spacial score (nSPS) is 24.5. The van der Waals surface area contributed by atoms with E-state index in [-0.39, 0.29) is 11.9 Å². The van der Waals surface area contributed by atoms with Crippen molar-refractivity contribution >= 4 is 5.91 Å². The van der Waals surface area contributed by atoms with Gasteiger partial charge in [0.2, 0.25) is 5.91 Å². The van der Waals surface area contributed by atoms with Crippen LogP contribution in [-0.2, 0) is 11.2 Å². The SMILES string of the molecule is CC1CC(C)N(C(=O)[C@@H](N)CCc2ccccc2)C1. The molecule has 3 atom stereocenters. The quantitative estimate of drug-likeness (QED) is 0.902. The standard InChI is InChI=1S/C16H24N2O/c1-12-10-13(2)18(11-12)16(19)15(17)9-8-14-6-4-3-5-7-14/h3-7,12-13,15H,8-11,17H2,1-2H3/t12?,13?,15-/m0/s1. The van der Waals surface area contributed by atoms with E-state index in [9.17, 15) is 4.79 Å². The summed E-state index contributed by atoms with van der Waals surface area (Å²) in [6.45, 7) is 5.17. The Morgan fingerprint density at radius 3 is 2.63 bits per heavy atom. The van der Waals surface area contributed by atoms with Crippen LogP contribution in [0.3, 0.4) is 0 Å². The molecule has 0 saturated carbocycles. The molecule has 0 aromatic heterocycles. The smallest absolute Gasteiger partial charge is 0.239 e. The Labute approximate surface area is 115 Å². The number of hydrogen-bond donors (Lipinski definition) is 1. The van der Waals surface area contributed by atoms with Crippen LogP contribution in [0.4, 0.5) is 0 Å². The van der Waals surface area contributed by atoms with Crippen LogP contribution in [0.5, 0.6) is 0 Å². The van der Waals surface area contributed by atoms with Crippen molar-refractivity contribution in [3.05, 3.63) is 35.9 Å². The zero-order valence-electron chi connectivity index (χ0n) is 11.9. The number of amides is 1. The summed E-state index contributed by atoms with van der Waals surface area (Å²) in [5.41, 5.74) is 7.31. The first-order chi connectivity index (χ1) is 9.08. The van der Waals surface area contributed by atoms with Gasteiger partial charge in [-0.2, -0.15) is 0 Å². The number of carbonyl (C=O) groups excluding carboxylic acids is 1. The minimum absolute atomic E-state index is 0.118. The third-order valence-electron chi connectivity index (χ3n) is 3.97. The molecule has 1 aromatic rings. The lowest BCUT2D eigenvalue weighted by Crippen LogP contribution is -2.45. The molecule has 1 amide bonds. The van der Waals surface area contributed by atoms with Gasteiger partial charge in [0.15, 0.2) is 0 Å². The Bertz CT molecular complexity index is 418. The first-order valence-corrected chi connectivity index (χ1v) is 7.18. The van der Waals surface area contributed by atoms with Gasteiger partial charge < -0.3 is 10.6 Å². The number of likely N-dealkylation sites (tertiary alicyclic amines) is 1. The van der Waals surface area contributed by atoms with Crippen molar-refractivity contribution in [2.45, 2.75) is 45.2 Å². The third-order valence-corrected chi connectivity index (χ3v) is 3.97. The number of nitrogens with two attached hydrogens (primary N) is 1. The van der Waals surface area contributed by atoms with E-state index < -0.39 is 0 Å². The third kappa shape index (κ3) is 3.57. The Kier molecular flexibility index (Phi) is 4.59. The summed E-state index contributed by atoms with van der Waals surface area (Å²) in [4.78, 5) is 14.3. The molecule has 2 unspecified atom stereocenters. The van der Waals surface area contributed by atoms with Crippen molar-refractivity contribution in [3.63, 3.8) is 0 Å². The fourth-order valence-electron chi connectivity index (χ4n) is 2.91. The van der Waals surface area contributed by atoms with Crippen LogP contribution in [0.15, 0.2) is 30.3 Å². The molecule has 1 aliphatic heterocycles. The van der Waals surface area contributed by atoms with Crippen LogP contribution in [0, 0.1) is 5.92 Å². The average Bonchev–Trinajstić information content (AvgIpc) is 2.75. The van der Waals surface area contributed by atoms with Crippen LogP contribution in [0.25, 0.3) is 0 Å². The van der Waals surface area contributed by atoms with Gasteiger partial charge in [-0.05, 0) is 37.7 Å². The van der Waals surface area contributed by atoms with Crippen molar-refractivity contribution in [1.29, 1.82) is 0 Å². The van der Waals surface area contributed by atoms with E-state index in [2.05, 4.69) is 26.0 Å². The van der Waals surface area contributed by atoms with E-state index in [1.54, 1.807) is 0 Å². The van der Waals surface area contributed by atoms with Gasteiger partial charge in [0, 0.05) is 12.6 Å². The molecule has 1 heterocycles. The summed E-state index contributed by atoms with van der Waals surface area (Å²) in [6.07, 6.45) is 2.68. The first-order valence-electron chi connectivity index (χ1n) is 7.18. The predicted molar refractivity (Wildman–Crippen MR) is 77.7 cm³/mol. The van der Waals surface area contributed by atoms with Gasteiger partial charge in [0.1, 0.15) is 0 Å². The fourth-order valence-corrected chi connectivity index (χ4v) is 2.91. The highest BCUT2D eigenvalue weighted by atomic mass is 16.2. The Morgan fingerprint density at radius 1 is 1.37 bits per heavy atom. The number of hydrogen-bond acceptors (Lipinski definition) is 2. The second-order valence-electron chi connectivity index (χ2n) is 5.81. The summed E-state index contributed by atoms with van der Waals surface area (Å²) in [5, 5.41) is 0. The van der Waals surface area contributed by atoms with Crippen molar-refractivity contribution in [2.24, 2.45) is 11.7 Å². The van der Waals surface area contributed by atoms with E-state index in [0.29, 0.717) is 12.0 Å². The van der Waals surface area contributed by atoms with Gasteiger partial charge in [-0.1, -0.05) is 37.3 Å². The highest BCUT2D eigenvalue weighted by Crippen LogP contribution is 2.23. The van der Waals surface area contributed by atoms with Crippen LogP contribution in [-0.4, -0.2) is 29.4 Å². The summed E-state index contributed by atoms with van der Waals surface area (Å²) in [5.74, 6) is 0.716. The molecule has 1 aliphatic rings. The molecule has 1 saturated heterocycles. The van der Waals surface area contributed by atoms with Crippen LogP contribution >= 0.6 is 0 Å². The van der Waals surface area contributed by atoms with Gasteiger partial charge in [-0.3, -0.25) is 4.79 Å². The van der Waals surface area contributed by atoms with E-state index in [1.165, 1.54) is 5.56 Å². The van der Waals surface area contributed by atoms with Gasteiger partial charge in [-0.15, -0.1) is 0 Å². The molecule has 3 nitrogen and oxygen atoms in total. The summed E-state index contributed by atoms with van der Waals surface area (Å²) in [7, 11) is 0. The van der Waals surface area contributed by atoms with E-state index in [4.69, 9.17) is 5.73 Å². The lowest BCUT2D eigenvalue weighted by atomic mass is 10.0. The maximum absolute atomic E-state index is 12.3. The largest absolute Gasteiger partial charge is 0.338 e. The first kappa shape index (κ1) is 14.1. The number of benzene rings is 1. The number of aryl methyl sites for hydroxylation is 1. The molecule has 0 aliphatic carbocycles. The highest BCUT2D eigenvalue weighted by molar-refractivity contribution is 5.82. The lowest BCUT2D eigenvalue weighted by Gasteiger charge is -2.25. The maximum atomic E-state index is 12.3.